The van der Waals surface area contributed by atoms with E-state index in [0.29, 0.717) is 16.1 Å². The summed E-state index contributed by atoms with van der Waals surface area (Å²) in [5.41, 5.74) is 2.96. The molecule has 2 saturated heterocycles. The largest absolute Gasteiger partial charge is 0.364 e. The maximum atomic E-state index is 12.8. The van der Waals surface area contributed by atoms with Crippen molar-refractivity contribution >= 4 is 64.5 Å². The van der Waals surface area contributed by atoms with Crippen LogP contribution in [-0.4, -0.2) is 60.1 Å². The molecule has 2 fully saturated rings. The summed E-state index contributed by atoms with van der Waals surface area (Å²) in [5.74, 6) is 0.0646. The first-order chi connectivity index (χ1) is 16.4. The number of nitrogens with one attached hydrogen (secondary N) is 1. The van der Waals surface area contributed by atoms with Crippen molar-refractivity contribution in [3.63, 3.8) is 0 Å². The summed E-state index contributed by atoms with van der Waals surface area (Å²) in [7, 11) is 1.87. The van der Waals surface area contributed by atoms with Gasteiger partial charge in [-0.25, -0.2) is 0 Å². The molecule has 1 amide bonds. The first kappa shape index (κ1) is 27.9. The average molecular weight is 556 g/mol. The molecule has 0 saturated carbocycles. The first-order valence-electron chi connectivity index (χ1n) is 12.0. The molecule has 2 aromatic rings. The molecule has 0 aromatic heterocycles. The van der Waals surface area contributed by atoms with Gasteiger partial charge in [-0.2, -0.15) is 0 Å². The molecule has 2 unspecified atom stereocenters. The summed E-state index contributed by atoms with van der Waals surface area (Å²) in [6.45, 7) is 5.64. The number of rotatable bonds is 7. The molecule has 190 valence electrons. The number of hydrogen-bond acceptors (Lipinski definition) is 3. The number of piperidine rings is 1. The summed E-state index contributed by atoms with van der Waals surface area (Å²) < 4.78 is 0. The number of anilines is 1. The molecule has 0 aliphatic carbocycles. The Bertz CT molecular complexity index is 1040. The highest BCUT2D eigenvalue weighted by Gasteiger charge is 2.35. The van der Waals surface area contributed by atoms with Crippen molar-refractivity contribution in [2.75, 3.05) is 38.1 Å². The lowest BCUT2D eigenvalue weighted by Crippen LogP contribution is -2.47. The zero-order valence-corrected chi connectivity index (χ0v) is 23.3. The van der Waals surface area contributed by atoms with E-state index in [-0.39, 0.29) is 24.4 Å². The number of thiocarbonyl (C=S) groups is 1. The van der Waals surface area contributed by atoms with Gasteiger partial charge in [0.15, 0.2) is 5.11 Å². The molecule has 1 N–H and O–H groups in total. The fourth-order valence-electron chi connectivity index (χ4n) is 4.92. The number of benzene rings is 2. The number of carbonyl (C=O) groups is 1. The highest BCUT2D eigenvalue weighted by Crippen LogP contribution is 2.39. The minimum Gasteiger partial charge on any atom is -0.364 e. The van der Waals surface area contributed by atoms with Crippen LogP contribution in [0.3, 0.4) is 0 Å². The maximum Gasteiger partial charge on any atom is 0.253 e. The molecule has 0 spiro atoms. The minimum absolute atomic E-state index is 0. The van der Waals surface area contributed by atoms with Gasteiger partial charge in [0.2, 0.25) is 0 Å². The Morgan fingerprint density at radius 1 is 1.11 bits per heavy atom. The van der Waals surface area contributed by atoms with Crippen LogP contribution in [0, 0.1) is 0 Å². The van der Waals surface area contributed by atoms with Gasteiger partial charge in [-0.1, -0.05) is 42.6 Å². The lowest BCUT2D eigenvalue weighted by atomic mass is 9.90. The predicted molar refractivity (Wildman–Crippen MR) is 152 cm³/mol. The van der Waals surface area contributed by atoms with Gasteiger partial charge in [-0.15, -0.1) is 12.4 Å². The van der Waals surface area contributed by atoms with Crippen LogP contribution in [0.5, 0.6) is 0 Å². The molecule has 2 heterocycles. The van der Waals surface area contributed by atoms with Crippen molar-refractivity contribution in [3.05, 3.63) is 63.6 Å². The van der Waals surface area contributed by atoms with Gasteiger partial charge in [-0.3, -0.25) is 4.79 Å². The van der Waals surface area contributed by atoms with E-state index in [0.717, 1.165) is 73.8 Å². The van der Waals surface area contributed by atoms with Gasteiger partial charge < -0.3 is 20.0 Å². The third-order valence-corrected chi connectivity index (χ3v) is 7.99. The summed E-state index contributed by atoms with van der Waals surface area (Å²) in [4.78, 5) is 19.3. The number of amides is 1. The molecule has 0 bridgehead atoms. The predicted octanol–water partition coefficient (Wildman–Crippen LogP) is 6.19. The van der Waals surface area contributed by atoms with Crippen LogP contribution in [0.25, 0.3) is 0 Å². The van der Waals surface area contributed by atoms with E-state index < -0.39 is 0 Å². The standard InChI is InChI=1S/C26H32Cl2N4OS.ClH/c1-3-4-13-30(2)25(33)18-5-8-20(9-6-18)31-14-11-21(32-15-12-29-26(32)34)17-24(31)19-7-10-22(27)23(28)16-19;/h5-10,16,21,24H,3-4,11-15,17H2,1-2H3,(H,29,34);1H. The first-order valence-corrected chi connectivity index (χ1v) is 13.2. The Morgan fingerprint density at radius 3 is 2.49 bits per heavy atom. The van der Waals surface area contributed by atoms with Crippen molar-refractivity contribution in [1.29, 1.82) is 0 Å². The summed E-state index contributed by atoms with van der Waals surface area (Å²) in [6.07, 6.45) is 4.03. The van der Waals surface area contributed by atoms with E-state index >= 15 is 0 Å². The molecule has 2 aromatic carbocycles. The summed E-state index contributed by atoms with van der Waals surface area (Å²) in [5, 5.41) is 5.26. The fraction of sp³-hybridized carbons (Fsp3) is 0.462. The van der Waals surface area contributed by atoms with E-state index in [1.807, 2.05) is 31.3 Å². The van der Waals surface area contributed by atoms with Gasteiger partial charge >= 0.3 is 0 Å². The number of halogens is 3. The molecule has 9 heteroatoms. The third kappa shape index (κ3) is 6.34. The molecule has 5 nitrogen and oxygen atoms in total. The second-order valence-electron chi connectivity index (χ2n) is 9.11. The van der Waals surface area contributed by atoms with Crippen molar-refractivity contribution in [3.8, 4) is 0 Å². The number of nitrogens with zero attached hydrogens (tertiary/aromatic N) is 3. The Labute approximate surface area is 230 Å². The van der Waals surface area contributed by atoms with Gasteiger partial charge in [0, 0.05) is 50.5 Å². The van der Waals surface area contributed by atoms with E-state index in [1.54, 1.807) is 4.90 Å². The second kappa shape index (κ2) is 12.5. The number of carbonyl (C=O) groups excluding carboxylic acids is 1. The van der Waals surface area contributed by atoms with E-state index in [4.69, 9.17) is 35.4 Å². The summed E-state index contributed by atoms with van der Waals surface area (Å²) >= 11 is 18.2. The molecule has 2 atom stereocenters. The quantitative estimate of drug-likeness (QED) is 0.413. The highest BCUT2D eigenvalue weighted by molar-refractivity contribution is 7.80. The van der Waals surface area contributed by atoms with Crippen molar-refractivity contribution in [2.45, 2.75) is 44.7 Å². The monoisotopic (exact) mass is 554 g/mol. The Balaban J connectivity index is 0.00000342. The molecule has 4 rings (SSSR count). The van der Waals surface area contributed by atoms with E-state index in [1.165, 1.54) is 0 Å². The third-order valence-electron chi connectivity index (χ3n) is 6.87. The molecule has 0 radical (unpaired) electrons. The lowest BCUT2D eigenvalue weighted by molar-refractivity contribution is 0.0793. The van der Waals surface area contributed by atoms with Crippen LogP contribution in [-0.2, 0) is 0 Å². The van der Waals surface area contributed by atoms with Crippen molar-refractivity contribution in [2.24, 2.45) is 0 Å². The summed E-state index contributed by atoms with van der Waals surface area (Å²) in [6, 6.07) is 14.4. The number of unbranched alkanes of at least 4 members (excludes halogenated alkanes) is 1. The second-order valence-corrected chi connectivity index (χ2v) is 10.3. The van der Waals surface area contributed by atoms with Gasteiger partial charge in [0.05, 0.1) is 16.1 Å². The maximum absolute atomic E-state index is 12.8. The smallest absolute Gasteiger partial charge is 0.253 e. The molecule has 2 aliphatic rings. The zero-order chi connectivity index (χ0) is 24.2. The molecule has 2 aliphatic heterocycles. The van der Waals surface area contributed by atoms with Crippen LogP contribution in [0.1, 0.15) is 54.6 Å². The van der Waals surface area contributed by atoms with Gasteiger partial charge in [0.1, 0.15) is 0 Å². The number of hydrogen-bond donors (Lipinski definition) is 1. The Hall–Kier alpha value is -1.73. The van der Waals surface area contributed by atoms with Crippen LogP contribution in [0.4, 0.5) is 5.69 Å². The van der Waals surface area contributed by atoms with Crippen molar-refractivity contribution < 1.29 is 4.79 Å². The Kier molecular flexibility index (Phi) is 9.94. The fourth-order valence-corrected chi connectivity index (χ4v) is 5.57. The Morgan fingerprint density at radius 2 is 1.86 bits per heavy atom. The van der Waals surface area contributed by atoms with Crippen LogP contribution < -0.4 is 10.2 Å². The van der Waals surface area contributed by atoms with Gasteiger partial charge in [-0.05, 0) is 73.4 Å². The molecule has 35 heavy (non-hydrogen) atoms. The molecular weight excluding hydrogens is 523 g/mol. The van der Waals surface area contributed by atoms with Crippen LogP contribution in [0.2, 0.25) is 10.0 Å². The minimum atomic E-state index is 0. The average Bonchev–Trinajstić information content (AvgIpc) is 3.29. The van der Waals surface area contributed by atoms with Gasteiger partial charge in [0.25, 0.3) is 5.91 Å². The van der Waals surface area contributed by atoms with Crippen LogP contribution in [0.15, 0.2) is 42.5 Å². The topological polar surface area (TPSA) is 38.8 Å². The normalized spacial score (nSPS) is 19.8. The zero-order valence-electron chi connectivity index (χ0n) is 20.2. The van der Waals surface area contributed by atoms with Crippen molar-refractivity contribution in [1.82, 2.24) is 15.1 Å². The highest BCUT2D eigenvalue weighted by atomic mass is 35.5. The van der Waals surface area contributed by atoms with E-state index in [9.17, 15) is 4.79 Å². The molecular formula is C26H33Cl3N4OS. The SMILES string of the molecule is CCCCN(C)C(=O)c1ccc(N2CCC(N3CCNC3=S)CC2c2ccc(Cl)c(Cl)c2)cc1.Cl. The van der Waals surface area contributed by atoms with Crippen LogP contribution >= 0.6 is 47.8 Å². The lowest BCUT2D eigenvalue weighted by Gasteiger charge is -2.44. The van der Waals surface area contributed by atoms with E-state index in [2.05, 4.69) is 40.2 Å².